The molecule has 5 heteroatoms. The zero-order chi connectivity index (χ0) is 12.3. The number of nitrogens with zero attached hydrogens (tertiary/aromatic N) is 2. The van der Waals surface area contributed by atoms with Gasteiger partial charge in [-0.15, -0.1) is 0 Å². The van der Waals surface area contributed by atoms with Gasteiger partial charge < -0.3 is 10.0 Å². The summed E-state index contributed by atoms with van der Waals surface area (Å²) in [6, 6.07) is 3.16. The summed E-state index contributed by atoms with van der Waals surface area (Å²) in [5, 5.41) is 9.07. The van der Waals surface area contributed by atoms with Crippen LogP contribution in [0.15, 0.2) is 18.3 Å². The minimum absolute atomic E-state index is 0.114. The van der Waals surface area contributed by atoms with Crippen molar-refractivity contribution in [3.63, 3.8) is 0 Å². The van der Waals surface area contributed by atoms with Crippen molar-refractivity contribution in [1.29, 1.82) is 0 Å². The summed E-state index contributed by atoms with van der Waals surface area (Å²) >= 11 is 0. The number of hydrogen-bond acceptors (Lipinski definition) is 3. The Labute approximate surface area is 99.1 Å². The molecule has 0 saturated carbocycles. The number of pyridine rings is 1. The maximum absolute atomic E-state index is 12.5. The summed E-state index contributed by atoms with van der Waals surface area (Å²) in [4.78, 5) is 17.1. The smallest absolute Gasteiger partial charge is 0.339 e. The normalized spacial score (nSPS) is 17.1. The first-order valence-electron chi connectivity index (χ1n) is 5.71. The van der Waals surface area contributed by atoms with Crippen LogP contribution in [0.5, 0.6) is 0 Å². The van der Waals surface area contributed by atoms with Gasteiger partial charge in [0.2, 0.25) is 0 Å². The fourth-order valence-corrected chi connectivity index (χ4v) is 2.11. The Morgan fingerprint density at radius 2 is 2.24 bits per heavy atom. The van der Waals surface area contributed by atoms with Crippen molar-refractivity contribution < 1.29 is 14.3 Å². The molecule has 1 aromatic rings. The molecule has 1 saturated heterocycles. The molecule has 1 aliphatic heterocycles. The first kappa shape index (κ1) is 11.8. The molecule has 1 N–H and O–H groups in total. The number of aromatic carboxylic acids is 1. The highest BCUT2D eigenvalue weighted by molar-refractivity contribution is 5.93. The Bertz CT molecular complexity index is 403. The van der Waals surface area contributed by atoms with E-state index in [2.05, 4.69) is 4.98 Å². The minimum Gasteiger partial charge on any atom is -0.478 e. The molecule has 0 radical (unpaired) electrons. The number of halogens is 1. The fourth-order valence-electron chi connectivity index (χ4n) is 2.11. The summed E-state index contributed by atoms with van der Waals surface area (Å²) in [7, 11) is 0. The van der Waals surface area contributed by atoms with Crippen LogP contribution in [0, 0.1) is 5.92 Å². The van der Waals surface area contributed by atoms with E-state index in [9.17, 15) is 9.18 Å². The second kappa shape index (κ2) is 5.12. The average Bonchev–Trinajstić information content (AvgIpc) is 2.39. The zero-order valence-corrected chi connectivity index (χ0v) is 9.47. The molecule has 0 amide bonds. The van der Waals surface area contributed by atoms with Gasteiger partial charge in [0.05, 0.1) is 6.67 Å². The van der Waals surface area contributed by atoms with Crippen molar-refractivity contribution in [3.8, 4) is 0 Å². The SMILES string of the molecule is O=C(O)c1cccnc1N1CCC(CF)CC1. The lowest BCUT2D eigenvalue weighted by Gasteiger charge is -2.32. The highest BCUT2D eigenvalue weighted by Crippen LogP contribution is 2.24. The molecule has 0 atom stereocenters. The van der Waals surface area contributed by atoms with Gasteiger partial charge in [-0.05, 0) is 30.9 Å². The van der Waals surface area contributed by atoms with E-state index in [1.54, 1.807) is 18.3 Å². The molecule has 1 aliphatic rings. The predicted octanol–water partition coefficient (Wildman–Crippen LogP) is 1.97. The molecule has 92 valence electrons. The first-order valence-corrected chi connectivity index (χ1v) is 5.71. The zero-order valence-electron chi connectivity index (χ0n) is 9.47. The van der Waals surface area contributed by atoms with Crippen LogP contribution in [-0.2, 0) is 0 Å². The summed E-state index contributed by atoms with van der Waals surface area (Å²) in [5.41, 5.74) is 0.214. The highest BCUT2D eigenvalue weighted by atomic mass is 19.1. The number of anilines is 1. The number of piperidine rings is 1. The van der Waals surface area contributed by atoms with Gasteiger partial charge in [0.15, 0.2) is 0 Å². The molecular formula is C12H15FN2O2. The van der Waals surface area contributed by atoms with Crippen LogP contribution in [0.3, 0.4) is 0 Å². The number of carboxylic acid groups (broad SMARTS) is 1. The third-order valence-electron chi connectivity index (χ3n) is 3.15. The standard InChI is InChI=1S/C12H15FN2O2/c13-8-9-3-6-15(7-4-9)11-10(12(16)17)2-1-5-14-11/h1-2,5,9H,3-4,6-8H2,(H,16,17). The molecule has 17 heavy (non-hydrogen) atoms. The Balaban J connectivity index is 2.15. The molecule has 2 heterocycles. The average molecular weight is 238 g/mol. The predicted molar refractivity (Wildman–Crippen MR) is 62.1 cm³/mol. The van der Waals surface area contributed by atoms with Gasteiger partial charge in [-0.1, -0.05) is 0 Å². The summed E-state index contributed by atoms with van der Waals surface area (Å²) in [6.45, 7) is 1.06. The maximum Gasteiger partial charge on any atom is 0.339 e. The first-order chi connectivity index (χ1) is 8.22. The van der Waals surface area contributed by atoms with Gasteiger partial charge in [0.1, 0.15) is 11.4 Å². The van der Waals surface area contributed by atoms with Crippen LogP contribution in [0.4, 0.5) is 10.2 Å². The van der Waals surface area contributed by atoms with E-state index < -0.39 is 5.97 Å². The van der Waals surface area contributed by atoms with Crippen LogP contribution in [-0.4, -0.2) is 35.8 Å². The van der Waals surface area contributed by atoms with E-state index in [1.807, 2.05) is 4.90 Å². The third-order valence-corrected chi connectivity index (χ3v) is 3.15. The van der Waals surface area contributed by atoms with Crippen LogP contribution in [0.25, 0.3) is 0 Å². The minimum atomic E-state index is -0.972. The van der Waals surface area contributed by atoms with Crippen LogP contribution >= 0.6 is 0 Å². The van der Waals surface area contributed by atoms with Gasteiger partial charge in [0, 0.05) is 19.3 Å². The van der Waals surface area contributed by atoms with Crippen molar-refractivity contribution in [2.24, 2.45) is 5.92 Å². The van der Waals surface area contributed by atoms with E-state index in [0.717, 1.165) is 12.8 Å². The van der Waals surface area contributed by atoms with Gasteiger partial charge >= 0.3 is 5.97 Å². The van der Waals surface area contributed by atoms with Crippen LogP contribution in [0.2, 0.25) is 0 Å². The third kappa shape index (κ3) is 2.54. The lowest BCUT2D eigenvalue weighted by Crippen LogP contribution is -2.35. The van der Waals surface area contributed by atoms with Crippen molar-refractivity contribution in [2.45, 2.75) is 12.8 Å². The number of carboxylic acids is 1. The lowest BCUT2D eigenvalue weighted by atomic mass is 9.98. The number of carbonyl (C=O) groups is 1. The van der Waals surface area contributed by atoms with Gasteiger partial charge in [-0.25, -0.2) is 9.78 Å². The second-order valence-electron chi connectivity index (χ2n) is 4.26. The molecular weight excluding hydrogens is 223 g/mol. The van der Waals surface area contributed by atoms with Gasteiger partial charge in [-0.2, -0.15) is 0 Å². The molecule has 2 rings (SSSR count). The molecule has 0 aliphatic carbocycles. The topological polar surface area (TPSA) is 53.4 Å². The van der Waals surface area contributed by atoms with Crippen molar-refractivity contribution in [1.82, 2.24) is 4.98 Å². The monoisotopic (exact) mass is 238 g/mol. The Morgan fingerprint density at radius 3 is 2.82 bits per heavy atom. The van der Waals surface area contributed by atoms with Crippen molar-refractivity contribution in [2.75, 3.05) is 24.7 Å². The number of aromatic nitrogens is 1. The number of hydrogen-bond donors (Lipinski definition) is 1. The second-order valence-corrected chi connectivity index (χ2v) is 4.26. The molecule has 0 spiro atoms. The Kier molecular flexibility index (Phi) is 3.56. The van der Waals surface area contributed by atoms with Crippen LogP contribution in [0.1, 0.15) is 23.2 Å². The Morgan fingerprint density at radius 1 is 1.53 bits per heavy atom. The molecule has 1 aromatic heterocycles. The summed E-state index contributed by atoms with van der Waals surface area (Å²) in [5.74, 6) is -0.360. The summed E-state index contributed by atoms with van der Waals surface area (Å²) in [6.07, 6.45) is 3.10. The lowest BCUT2D eigenvalue weighted by molar-refractivity contribution is 0.0697. The molecule has 0 bridgehead atoms. The van der Waals surface area contributed by atoms with E-state index in [1.165, 1.54) is 0 Å². The van der Waals surface area contributed by atoms with Crippen LogP contribution < -0.4 is 4.90 Å². The number of alkyl halides is 1. The van der Waals surface area contributed by atoms with Gasteiger partial charge in [0.25, 0.3) is 0 Å². The molecule has 4 nitrogen and oxygen atoms in total. The fraction of sp³-hybridized carbons (Fsp3) is 0.500. The van der Waals surface area contributed by atoms with E-state index >= 15 is 0 Å². The summed E-state index contributed by atoms with van der Waals surface area (Å²) < 4.78 is 12.5. The largest absolute Gasteiger partial charge is 0.478 e. The van der Waals surface area contributed by atoms with Crippen molar-refractivity contribution in [3.05, 3.63) is 23.9 Å². The molecule has 1 fully saturated rings. The maximum atomic E-state index is 12.5. The quantitative estimate of drug-likeness (QED) is 0.874. The number of rotatable bonds is 3. The highest BCUT2D eigenvalue weighted by Gasteiger charge is 2.23. The van der Waals surface area contributed by atoms with Gasteiger partial charge in [-0.3, -0.25) is 4.39 Å². The van der Waals surface area contributed by atoms with E-state index in [-0.39, 0.29) is 18.2 Å². The molecule has 0 aromatic carbocycles. The van der Waals surface area contributed by atoms with E-state index in [0.29, 0.717) is 18.9 Å². The Hall–Kier alpha value is -1.65. The van der Waals surface area contributed by atoms with E-state index in [4.69, 9.17) is 5.11 Å². The molecule has 0 unspecified atom stereocenters. The van der Waals surface area contributed by atoms with Crippen molar-refractivity contribution >= 4 is 11.8 Å².